The van der Waals surface area contributed by atoms with Crippen LogP contribution < -0.4 is 5.32 Å². The highest BCUT2D eigenvalue weighted by molar-refractivity contribution is 6.36. The molecule has 0 aromatic heterocycles. The molecule has 2 aromatic rings. The Hall–Kier alpha value is -1.78. The van der Waals surface area contributed by atoms with Crippen LogP contribution in [0, 0.1) is 17.0 Å². The molecule has 20 heavy (non-hydrogen) atoms. The van der Waals surface area contributed by atoms with Crippen molar-refractivity contribution in [2.75, 3.05) is 5.32 Å². The SMILES string of the molecule is Cc1cc([N+](=O)[O-])ccc1NCc1c(Cl)cccc1Cl. The van der Waals surface area contributed by atoms with Gasteiger partial charge in [0.15, 0.2) is 0 Å². The molecule has 0 unspecified atom stereocenters. The van der Waals surface area contributed by atoms with E-state index >= 15 is 0 Å². The maximum Gasteiger partial charge on any atom is 0.269 e. The van der Waals surface area contributed by atoms with E-state index in [0.29, 0.717) is 16.6 Å². The van der Waals surface area contributed by atoms with Crippen molar-refractivity contribution in [3.63, 3.8) is 0 Å². The number of nitro groups is 1. The van der Waals surface area contributed by atoms with Gasteiger partial charge in [-0.15, -0.1) is 0 Å². The first-order valence-electron chi connectivity index (χ1n) is 5.91. The number of rotatable bonds is 4. The Morgan fingerprint density at radius 1 is 1.20 bits per heavy atom. The van der Waals surface area contributed by atoms with Crippen LogP contribution in [0.5, 0.6) is 0 Å². The van der Waals surface area contributed by atoms with Crippen LogP contribution in [0.1, 0.15) is 11.1 Å². The van der Waals surface area contributed by atoms with E-state index in [1.807, 2.05) is 6.92 Å². The highest BCUT2D eigenvalue weighted by atomic mass is 35.5. The molecular weight excluding hydrogens is 299 g/mol. The summed E-state index contributed by atoms with van der Waals surface area (Å²) in [5, 5.41) is 15.0. The molecular formula is C14H12Cl2N2O2. The van der Waals surface area contributed by atoms with Gasteiger partial charge in [0.25, 0.3) is 5.69 Å². The summed E-state index contributed by atoms with van der Waals surface area (Å²) in [4.78, 5) is 10.3. The standard InChI is InChI=1S/C14H12Cl2N2O2/c1-9-7-10(18(19)20)5-6-14(9)17-8-11-12(15)3-2-4-13(11)16/h2-7,17H,8H2,1H3. The molecule has 4 nitrogen and oxygen atoms in total. The Labute approximate surface area is 126 Å². The van der Waals surface area contributed by atoms with E-state index < -0.39 is 4.92 Å². The Balaban J connectivity index is 2.17. The Morgan fingerprint density at radius 3 is 2.40 bits per heavy atom. The van der Waals surface area contributed by atoms with Gasteiger partial charge in [-0.05, 0) is 30.7 Å². The quantitative estimate of drug-likeness (QED) is 0.650. The van der Waals surface area contributed by atoms with E-state index in [4.69, 9.17) is 23.2 Å². The molecule has 0 spiro atoms. The zero-order chi connectivity index (χ0) is 14.7. The van der Waals surface area contributed by atoms with Crippen molar-refractivity contribution < 1.29 is 4.92 Å². The van der Waals surface area contributed by atoms with Crippen LogP contribution in [-0.4, -0.2) is 4.92 Å². The van der Waals surface area contributed by atoms with Crippen LogP contribution >= 0.6 is 23.2 Å². The molecule has 1 N–H and O–H groups in total. The molecule has 0 bridgehead atoms. The van der Waals surface area contributed by atoms with E-state index in [0.717, 1.165) is 16.8 Å². The predicted octanol–water partition coefficient (Wildman–Crippen LogP) is 4.82. The van der Waals surface area contributed by atoms with E-state index in [-0.39, 0.29) is 5.69 Å². The van der Waals surface area contributed by atoms with Gasteiger partial charge in [0.2, 0.25) is 0 Å². The second-order valence-corrected chi connectivity index (χ2v) is 5.12. The minimum atomic E-state index is -0.415. The fourth-order valence-corrected chi connectivity index (χ4v) is 2.38. The van der Waals surface area contributed by atoms with Gasteiger partial charge in [0, 0.05) is 40.0 Å². The normalized spacial score (nSPS) is 10.3. The lowest BCUT2D eigenvalue weighted by molar-refractivity contribution is -0.384. The third-order valence-electron chi connectivity index (χ3n) is 2.94. The minimum absolute atomic E-state index is 0.0730. The third kappa shape index (κ3) is 3.21. The number of hydrogen-bond acceptors (Lipinski definition) is 3. The predicted molar refractivity (Wildman–Crippen MR) is 81.6 cm³/mol. The second-order valence-electron chi connectivity index (χ2n) is 4.31. The van der Waals surface area contributed by atoms with Crippen molar-refractivity contribution in [2.45, 2.75) is 13.5 Å². The van der Waals surface area contributed by atoms with Gasteiger partial charge in [0.05, 0.1) is 4.92 Å². The average Bonchev–Trinajstić information content (AvgIpc) is 2.39. The number of nitrogens with zero attached hydrogens (tertiary/aromatic N) is 1. The Bertz CT molecular complexity index is 639. The highest BCUT2D eigenvalue weighted by Gasteiger charge is 2.09. The molecule has 0 atom stereocenters. The number of anilines is 1. The zero-order valence-corrected chi connectivity index (χ0v) is 12.2. The molecule has 104 valence electrons. The number of aryl methyl sites for hydroxylation is 1. The lowest BCUT2D eigenvalue weighted by Crippen LogP contribution is -2.02. The van der Waals surface area contributed by atoms with Gasteiger partial charge in [-0.25, -0.2) is 0 Å². The van der Waals surface area contributed by atoms with E-state index in [9.17, 15) is 10.1 Å². The van der Waals surface area contributed by atoms with Crippen LogP contribution in [0.2, 0.25) is 10.0 Å². The van der Waals surface area contributed by atoms with Crippen molar-refractivity contribution in [1.29, 1.82) is 0 Å². The maximum atomic E-state index is 10.7. The van der Waals surface area contributed by atoms with E-state index in [2.05, 4.69) is 5.32 Å². The van der Waals surface area contributed by atoms with Crippen molar-refractivity contribution in [1.82, 2.24) is 0 Å². The molecule has 2 aromatic carbocycles. The number of hydrogen-bond donors (Lipinski definition) is 1. The summed E-state index contributed by atoms with van der Waals surface area (Å²) in [6.45, 7) is 2.26. The molecule has 0 radical (unpaired) electrons. The summed E-state index contributed by atoms with van der Waals surface area (Å²) in [5.74, 6) is 0. The lowest BCUT2D eigenvalue weighted by Gasteiger charge is -2.11. The summed E-state index contributed by atoms with van der Waals surface area (Å²) in [6.07, 6.45) is 0. The van der Waals surface area contributed by atoms with Crippen molar-refractivity contribution in [3.8, 4) is 0 Å². The van der Waals surface area contributed by atoms with Crippen LogP contribution in [-0.2, 0) is 6.54 Å². The average molecular weight is 311 g/mol. The number of non-ortho nitro benzene ring substituents is 1. The first-order valence-corrected chi connectivity index (χ1v) is 6.66. The number of halogens is 2. The van der Waals surface area contributed by atoms with Gasteiger partial charge in [-0.1, -0.05) is 29.3 Å². The summed E-state index contributed by atoms with van der Waals surface area (Å²) in [7, 11) is 0. The smallest absolute Gasteiger partial charge is 0.269 e. The van der Waals surface area contributed by atoms with Gasteiger partial charge in [-0.2, -0.15) is 0 Å². The zero-order valence-electron chi connectivity index (χ0n) is 10.7. The summed E-state index contributed by atoms with van der Waals surface area (Å²) in [6, 6.07) is 9.99. The molecule has 0 aliphatic heterocycles. The molecule has 0 fully saturated rings. The van der Waals surface area contributed by atoms with Crippen molar-refractivity contribution in [2.24, 2.45) is 0 Å². The topological polar surface area (TPSA) is 55.2 Å². The molecule has 6 heteroatoms. The Morgan fingerprint density at radius 2 is 1.85 bits per heavy atom. The van der Waals surface area contributed by atoms with Gasteiger partial charge < -0.3 is 5.32 Å². The first kappa shape index (κ1) is 14.6. The molecule has 0 amide bonds. The largest absolute Gasteiger partial charge is 0.381 e. The molecule has 0 aliphatic carbocycles. The van der Waals surface area contributed by atoms with Crippen LogP contribution in [0.25, 0.3) is 0 Å². The fourth-order valence-electron chi connectivity index (χ4n) is 1.84. The first-order chi connectivity index (χ1) is 9.49. The molecule has 2 rings (SSSR count). The molecule has 0 saturated heterocycles. The monoisotopic (exact) mass is 310 g/mol. The number of nitrogens with one attached hydrogen (secondary N) is 1. The maximum absolute atomic E-state index is 10.7. The third-order valence-corrected chi connectivity index (χ3v) is 3.65. The summed E-state index contributed by atoms with van der Waals surface area (Å²) < 4.78 is 0. The fraction of sp³-hybridized carbons (Fsp3) is 0.143. The van der Waals surface area contributed by atoms with Crippen LogP contribution in [0.3, 0.4) is 0 Å². The minimum Gasteiger partial charge on any atom is -0.381 e. The molecule has 0 saturated carbocycles. The van der Waals surface area contributed by atoms with Gasteiger partial charge in [-0.3, -0.25) is 10.1 Å². The number of benzene rings is 2. The second kappa shape index (κ2) is 6.11. The number of nitro benzene ring substituents is 1. The van der Waals surface area contributed by atoms with Crippen LogP contribution in [0.4, 0.5) is 11.4 Å². The summed E-state index contributed by atoms with van der Waals surface area (Å²) >= 11 is 12.2. The van der Waals surface area contributed by atoms with Gasteiger partial charge in [0.1, 0.15) is 0 Å². The van der Waals surface area contributed by atoms with Crippen LogP contribution in [0.15, 0.2) is 36.4 Å². The van der Waals surface area contributed by atoms with E-state index in [1.165, 1.54) is 12.1 Å². The Kier molecular flexibility index (Phi) is 4.47. The van der Waals surface area contributed by atoms with Crippen molar-refractivity contribution in [3.05, 3.63) is 67.7 Å². The van der Waals surface area contributed by atoms with E-state index in [1.54, 1.807) is 24.3 Å². The van der Waals surface area contributed by atoms with Gasteiger partial charge >= 0.3 is 0 Å². The summed E-state index contributed by atoms with van der Waals surface area (Å²) in [5.41, 5.74) is 2.48. The molecule has 0 aliphatic rings. The van der Waals surface area contributed by atoms with Crippen molar-refractivity contribution >= 4 is 34.6 Å². The molecule has 0 heterocycles. The highest BCUT2D eigenvalue weighted by Crippen LogP contribution is 2.27. The lowest BCUT2D eigenvalue weighted by atomic mass is 10.1.